The molecule has 5 nitrogen and oxygen atoms in total. The molecular formula is C16H19N3O2. The molecule has 0 saturated carbocycles. The highest BCUT2D eigenvalue weighted by molar-refractivity contribution is 5.46. The Hall–Kier alpha value is -2.48. The fourth-order valence-electron chi connectivity index (χ4n) is 2.11. The van der Waals surface area contributed by atoms with Crippen LogP contribution in [0, 0.1) is 18.3 Å². The second-order valence-corrected chi connectivity index (χ2v) is 4.59. The number of hydrogen-bond donors (Lipinski definition) is 0. The van der Waals surface area contributed by atoms with E-state index in [2.05, 4.69) is 11.2 Å². The summed E-state index contributed by atoms with van der Waals surface area (Å²) in [5, 5.41) is 13.3. The zero-order chi connectivity index (χ0) is 15.2. The van der Waals surface area contributed by atoms with Crippen LogP contribution in [-0.4, -0.2) is 16.4 Å². The summed E-state index contributed by atoms with van der Waals surface area (Å²) in [5.74, 6) is 1.23. The molecule has 0 N–H and O–H groups in total. The standard InChI is InChI=1S/C16H19N3O2/c1-4-19-14(8-12(3)18-19)11-21-15-7-6-13(10-17)9-16(15)20-5-2/h6-9H,4-5,11H2,1-3H3. The van der Waals surface area contributed by atoms with Crippen LogP contribution in [0.5, 0.6) is 11.5 Å². The summed E-state index contributed by atoms with van der Waals surface area (Å²) in [6.45, 7) is 7.65. The fourth-order valence-corrected chi connectivity index (χ4v) is 2.11. The molecule has 110 valence electrons. The summed E-state index contributed by atoms with van der Waals surface area (Å²) in [5.41, 5.74) is 2.54. The maximum atomic E-state index is 8.94. The van der Waals surface area contributed by atoms with E-state index in [1.54, 1.807) is 18.2 Å². The molecule has 0 fully saturated rings. The first-order chi connectivity index (χ1) is 10.2. The van der Waals surface area contributed by atoms with E-state index in [9.17, 15) is 0 Å². The highest BCUT2D eigenvalue weighted by Gasteiger charge is 2.09. The predicted molar refractivity (Wildman–Crippen MR) is 79.3 cm³/mol. The summed E-state index contributed by atoms with van der Waals surface area (Å²) in [4.78, 5) is 0. The van der Waals surface area contributed by atoms with Gasteiger partial charge >= 0.3 is 0 Å². The molecule has 1 aromatic heterocycles. The van der Waals surface area contributed by atoms with Crippen molar-refractivity contribution in [3.8, 4) is 17.6 Å². The van der Waals surface area contributed by atoms with Crippen LogP contribution in [0.3, 0.4) is 0 Å². The summed E-state index contributed by atoms with van der Waals surface area (Å²) in [6, 6.07) is 9.29. The molecule has 0 atom stereocenters. The number of aromatic nitrogens is 2. The monoisotopic (exact) mass is 285 g/mol. The van der Waals surface area contributed by atoms with Crippen molar-refractivity contribution in [3.63, 3.8) is 0 Å². The van der Waals surface area contributed by atoms with E-state index in [-0.39, 0.29) is 0 Å². The Kier molecular flexibility index (Phi) is 4.83. The van der Waals surface area contributed by atoms with Gasteiger partial charge in [-0.2, -0.15) is 10.4 Å². The average molecular weight is 285 g/mol. The van der Waals surface area contributed by atoms with E-state index in [4.69, 9.17) is 14.7 Å². The number of hydrogen-bond acceptors (Lipinski definition) is 4. The number of nitriles is 1. The smallest absolute Gasteiger partial charge is 0.162 e. The van der Waals surface area contributed by atoms with Crippen molar-refractivity contribution in [1.29, 1.82) is 5.26 Å². The molecule has 0 spiro atoms. The molecule has 0 saturated heterocycles. The molecule has 0 aliphatic rings. The second kappa shape index (κ2) is 6.80. The van der Waals surface area contributed by atoms with Gasteiger partial charge in [0.1, 0.15) is 6.61 Å². The third-order valence-corrected chi connectivity index (χ3v) is 3.03. The minimum absolute atomic E-state index is 0.417. The maximum Gasteiger partial charge on any atom is 0.162 e. The first-order valence-corrected chi connectivity index (χ1v) is 7.01. The Morgan fingerprint density at radius 3 is 2.67 bits per heavy atom. The topological polar surface area (TPSA) is 60.1 Å². The highest BCUT2D eigenvalue weighted by Crippen LogP contribution is 2.29. The van der Waals surface area contributed by atoms with Gasteiger partial charge in [0, 0.05) is 12.6 Å². The van der Waals surface area contributed by atoms with Gasteiger partial charge in [-0.3, -0.25) is 4.68 Å². The first-order valence-electron chi connectivity index (χ1n) is 7.01. The molecule has 0 bridgehead atoms. The third kappa shape index (κ3) is 3.54. The van der Waals surface area contributed by atoms with Crippen molar-refractivity contribution in [2.24, 2.45) is 0 Å². The lowest BCUT2D eigenvalue weighted by Gasteiger charge is -2.12. The van der Waals surface area contributed by atoms with Gasteiger partial charge in [-0.1, -0.05) is 0 Å². The minimum atomic E-state index is 0.417. The SMILES string of the molecule is CCOc1cc(C#N)ccc1OCc1cc(C)nn1CC. The van der Waals surface area contributed by atoms with Gasteiger partial charge in [0.25, 0.3) is 0 Å². The maximum absolute atomic E-state index is 8.94. The molecular weight excluding hydrogens is 266 g/mol. The molecule has 0 amide bonds. The van der Waals surface area contributed by atoms with E-state index in [1.807, 2.05) is 31.5 Å². The van der Waals surface area contributed by atoms with Crippen molar-refractivity contribution in [1.82, 2.24) is 9.78 Å². The van der Waals surface area contributed by atoms with Crippen molar-refractivity contribution in [2.45, 2.75) is 33.9 Å². The summed E-state index contributed by atoms with van der Waals surface area (Å²) < 4.78 is 13.3. The van der Waals surface area contributed by atoms with Gasteiger partial charge in [0.15, 0.2) is 11.5 Å². The summed E-state index contributed by atoms with van der Waals surface area (Å²) >= 11 is 0. The fraction of sp³-hybridized carbons (Fsp3) is 0.375. The van der Waals surface area contributed by atoms with Crippen LogP contribution >= 0.6 is 0 Å². The molecule has 2 rings (SSSR count). The van der Waals surface area contributed by atoms with Gasteiger partial charge in [0.05, 0.1) is 29.6 Å². The number of ether oxygens (including phenoxy) is 2. The van der Waals surface area contributed by atoms with Crippen LogP contribution < -0.4 is 9.47 Å². The Balaban J connectivity index is 2.17. The molecule has 1 aromatic carbocycles. The number of rotatable bonds is 6. The zero-order valence-electron chi connectivity index (χ0n) is 12.6. The van der Waals surface area contributed by atoms with E-state index in [0.717, 1.165) is 17.9 Å². The lowest BCUT2D eigenvalue weighted by molar-refractivity contribution is 0.261. The minimum Gasteiger partial charge on any atom is -0.490 e. The van der Waals surface area contributed by atoms with Crippen molar-refractivity contribution in [3.05, 3.63) is 41.2 Å². The Bertz CT molecular complexity index is 656. The third-order valence-electron chi connectivity index (χ3n) is 3.03. The lowest BCUT2D eigenvalue weighted by Crippen LogP contribution is -2.07. The van der Waals surface area contributed by atoms with Crippen LogP contribution in [-0.2, 0) is 13.2 Å². The molecule has 0 aliphatic heterocycles. The van der Waals surface area contributed by atoms with Crippen LogP contribution in [0.15, 0.2) is 24.3 Å². The van der Waals surface area contributed by atoms with E-state index in [1.165, 1.54) is 0 Å². The average Bonchev–Trinajstić information content (AvgIpc) is 2.86. The van der Waals surface area contributed by atoms with Crippen LogP contribution in [0.4, 0.5) is 0 Å². The molecule has 0 radical (unpaired) electrons. The second-order valence-electron chi connectivity index (χ2n) is 4.59. The Morgan fingerprint density at radius 2 is 2.00 bits per heavy atom. The normalized spacial score (nSPS) is 10.2. The van der Waals surface area contributed by atoms with Gasteiger partial charge in [-0.25, -0.2) is 0 Å². The Morgan fingerprint density at radius 1 is 1.19 bits per heavy atom. The summed E-state index contributed by atoms with van der Waals surface area (Å²) in [6.07, 6.45) is 0. The molecule has 5 heteroatoms. The van der Waals surface area contributed by atoms with Crippen LogP contribution in [0.25, 0.3) is 0 Å². The molecule has 1 heterocycles. The lowest BCUT2D eigenvalue weighted by atomic mass is 10.2. The van der Waals surface area contributed by atoms with Crippen molar-refractivity contribution in [2.75, 3.05) is 6.61 Å². The van der Waals surface area contributed by atoms with Crippen molar-refractivity contribution < 1.29 is 9.47 Å². The molecule has 2 aromatic rings. The zero-order valence-corrected chi connectivity index (χ0v) is 12.6. The molecule has 0 aliphatic carbocycles. The Labute approximate surface area is 124 Å². The van der Waals surface area contributed by atoms with Crippen molar-refractivity contribution >= 4 is 0 Å². The van der Waals surface area contributed by atoms with Gasteiger partial charge in [-0.05, 0) is 39.0 Å². The highest BCUT2D eigenvalue weighted by atomic mass is 16.5. The number of benzene rings is 1. The van der Waals surface area contributed by atoms with E-state index >= 15 is 0 Å². The molecule has 21 heavy (non-hydrogen) atoms. The largest absolute Gasteiger partial charge is 0.490 e. The van der Waals surface area contributed by atoms with E-state index in [0.29, 0.717) is 30.3 Å². The van der Waals surface area contributed by atoms with Gasteiger partial charge in [-0.15, -0.1) is 0 Å². The van der Waals surface area contributed by atoms with Gasteiger partial charge < -0.3 is 9.47 Å². The first kappa shape index (κ1) is 14.9. The molecule has 0 unspecified atom stereocenters. The summed E-state index contributed by atoms with van der Waals surface area (Å²) in [7, 11) is 0. The predicted octanol–water partition coefficient (Wildman–Crippen LogP) is 3.06. The number of aryl methyl sites for hydroxylation is 2. The quantitative estimate of drug-likeness (QED) is 0.818. The van der Waals surface area contributed by atoms with Gasteiger partial charge in [0.2, 0.25) is 0 Å². The number of nitrogens with zero attached hydrogens (tertiary/aromatic N) is 3. The van der Waals surface area contributed by atoms with E-state index < -0.39 is 0 Å². The van der Waals surface area contributed by atoms with Crippen LogP contribution in [0.1, 0.15) is 30.8 Å². The van der Waals surface area contributed by atoms with Crippen LogP contribution in [0.2, 0.25) is 0 Å².